The Hall–Kier alpha value is -3.61. The molecule has 0 fully saturated rings. The number of para-hydroxylation sites is 2. The predicted molar refractivity (Wildman–Crippen MR) is 138 cm³/mol. The Morgan fingerprint density at radius 3 is 1.91 bits per heavy atom. The SMILES string of the molecule is CC1=C(C(=O)Nc2ccccc2Cl)C(=O)C(C)(C(=O)Nc2ccccc2Cl)N1Cc1ccccc1. The van der Waals surface area contributed by atoms with Gasteiger partial charge in [0.15, 0.2) is 5.54 Å². The minimum atomic E-state index is -1.69. The minimum absolute atomic E-state index is 0.0994. The Morgan fingerprint density at radius 1 is 0.829 bits per heavy atom. The highest BCUT2D eigenvalue weighted by atomic mass is 35.5. The first-order chi connectivity index (χ1) is 16.7. The van der Waals surface area contributed by atoms with Crippen molar-refractivity contribution in [1.29, 1.82) is 0 Å². The first-order valence-electron chi connectivity index (χ1n) is 10.9. The first-order valence-corrected chi connectivity index (χ1v) is 11.7. The lowest BCUT2D eigenvalue weighted by atomic mass is 9.91. The predicted octanol–water partition coefficient (Wildman–Crippen LogP) is 5.69. The van der Waals surface area contributed by atoms with Crippen molar-refractivity contribution in [3.63, 3.8) is 0 Å². The van der Waals surface area contributed by atoms with Gasteiger partial charge in [0, 0.05) is 12.2 Å². The molecule has 3 aromatic rings. The topological polar surface area (TPSA) is 78.5 Å². The fourth-order valence-corrected chi connectivity index (χ4v) is 4.46. The van der Waals surface area contributed by atoms with Crippen molar-refractivity contribution >= 4 is 52.2 Å². The molecule has 178 valence electrons. The first kappa shape index (κ1) is 24.5. The van der Waals surface area contributed by atoms with Crippen LogP contribution in [-0.2, 0) is 20.9 Å². The molecule has 0 spiro atoms. The van der Waals surface area contributed by atoms with Gasteiger partial charge in [0.05, 0.1) is 21.4 Å². The fraction of sp³-hybridized carbons (Fsp3) is 0.148. The molecule has 0 radical (unpaired) electrons. The molecular formula is C27H23Cl2N3O3. The van der Waals surface area contributed by atoms with E-state index in [4.69, 9.17) is 23.2 Å². The quantitative estimate of drug-likeness (QED) is 0.331. The Bertz CT molecular complexity index is 1340. The molecule has 8 heteroatoms. The van der Waals surface area contributed by atoms with Gasteiger partial charge in [-0.2, -0.15) is 0 Å². The van der Waals surface area contributed by atoms with Crippen LogP contribution in [0.15, 0.2) is 90.1 Å². The van der Waals surface area contributed by atoms with E-state index in [1.807, 2.05) is 30.3 Å². The van der Waals surface area contributed by atoms with Crippen LogP contribution in [0.5, 0.6) is 0 Å². The maximum atomic E-state index is 13.8. The number of hydrogen-bond donors (Lipinski definition) is 2. The average molecular weight is 508 g/mol. The summed E-state index contributed by atoms with van der Waals surface area (Å²) >= 11 is 12.4. The third kappa shape index (κ3) is 4.67. The standard InChI is InChI=1S/C27H23Cl2N3O3/c1-17-23(25(34)30-21-14-8-6-12-19(21)28)24(33)27(2,32(17)16-18-10-4-3-5-11-18)26(35)31-22-15-9-7-13-20(22)29/h3-15H,16H2,1-2H3,(H,30,34)(H,31,35). The van der Waals surface area contributed by atoms with Gasteiger partial charge >= 0.3 is 0 Å². The van der Waals surface area contributed by atoms with Crippen molar-refractivity contribution in [3.05, 3.63) is 106 Å². The van der Waals surface area contributed by atoms with E-state index in [0.717, 1.165) is 5.56 Å². The van der Waals surface area contributed by atoms with Crippen LogP contribution in [0.4, 0.5) is 11.4 Å². The smallest absolute Gasteiger partial charge is 0.261 e. The normalized spacial score (nSPS) is 17.5. The second kappa shape index (κ2) is 9.94. The summed E-state index contributed by atoms with van der Waals surface area (Å²) in [5.74, 6) is -1.83. The van der Waals surface area contributed by atoms with Gasteiger partial charge < -0.3 is 15.5 Å². The fourth-order valence-electron chi connectivity index (χ4n) is 4.09. The van der Waals surface area contributed by atoms with Crippen LogP contribution >= 0.6 is 23.2 Å². The molecule has 0 saturated heterocycles. The highest BCUT2D eigenvalue weighted by molar-refractivity contribution is 6.37. The number of Topliss-reactive ketones (excluding diaryl/α,β-unsaturated/α-hetero) is 1. The highest BCUT2D eigenvalue weighted by Gasteiger charge is 2.55. The molecule has 2 amide bonds. The molecule has 3 aromatic carbocycles. The summed E-state index contributed by atoms with van der Waals surface area (Å²) in [6, 6.07) is 22.9. The molecule has 1 aliphatic heterocycles. The zero-order valence-corrected chi connectivity index (χ0v) is 20.7. The molecule has 0 aromatic heterocycles. The van der Waals surface area contributed by atoms with Crippen LogP contribution < -0.4 is 10.6 Å². The number of hydrogen-bond acceptors (Lipinski definition) is 4. The van der Waals surface area contributed by atoms with E-state index >= 15 is 0 Å². The van der Waals surface area contributed by atoms with Crippen molar-refractivity contribution in [2.24, 2.45) is 0 Å². The van der Waals surface area contributed by atoms with E-state index in [1.54, 1.807) is 60.4 Å². The summed E-state index contributed by atoms with van der Waals surface area (Å²) in [6.45, 7) is 3.42. The van der Waals surface area contributed by atoms with Crippen molar-refractivity contribution in [1.82, 2.24) is 4.90 Å². The number of carbonyl (C=O) groups is 3. The zero-order chi connectivity index (χ0) is 25.2. The Morgan fingerprint density at radius 2 is 1.34 bits per heavy atom. The third-order valence-corrected chi connectivity index (χ3v) is 6.73. The summed E-state index contributed by atoms with van der Waals surface area (Å²) in [7, 11) is 0. The van der Waals surface area contributed by atoms with Crippen LogP contribution in [0.3, 0.4) is 0 Å². The van der Waals surface area contributed by atoms with Crippen LogP contribution in [0.1, 0.15) is 19.4 Å². The van der Waals surface area contributed by atoms with Crippen molar-refractivity contribution in [2.75, 3.05) is 10.6 Å². The van der Waals surface area contributed by atoms with E-state index < -0.39 is 23.1 Å². The van der Waals surface area contributed by atoms with Gasteiger partial charge in [-0.25, -0.2) is 0 Å². The van der Waals surface area contributed by atoms with E-state index in [0.29, 0.717) is 27.1 Å². The van der Waals surface area contributed by atoms with Gasteiger partial charge in [-0.15, -0.1) is 0 Å². The van der Waals surface area contributed by atoms with E-state index in [1.165, 1.54) is 6.92 Å². The Labute approximate surface area is 213 Å². The molecule has 1 atom stereocenters. The highest BCUT2D eigenvalue weighted by Crippen LogP contribution is 2.38. The molecule has 1 aliphatic rings. The van der Waals surface area contributed by atoms with Gasteiger partial charge in [-0.3, -0.25) is 14.4 Å². The number of allylic oxidation sites excluding steroid dienone is 1. The number of benzene rings is 3. The molecule has 0 aliphatic carbocycles. The average Bonchev–Trinajstić information content (AvgIpc) is 3.04. The summed E-state index contributed by atoms with van der Waals surface area (Å²) in [5.41, 5.74) is 0.226. The molecule has 1 heterocycles. The number of halogens is 2. The number of rotatable bonds is 6. The molecular weight excluding hydrogens is 485 g/mol. The molecule has 4 rings (SSSR count). The number of anilines is 2. The van der Waals surface area contributed by atoms with Crippen molar-refractivity contribution in [2.45, 2.75) is 25.9 Å². The maximum absolute atomic E-state index is 13.8. The van der Waals surface area contributed by atoms with E-state index in [-0.39, 0.29) is 12.1 Å². The number of amides is 2. The van der Waals surface area contributed by atoms with Crippen molar-refractivity contribution < 1.29 is 14.4 Å². The summed E-state index contributed by atoms with van der Waals surface area (Å²) in [5, 5.41) is 6.15. The lowest BCUT2D eigenvalue weighted by molar-refractivity contribution is -0.135. The van der Waals surface area contributed by atoms with E-state index in [2.05, 4.69) is 10.6 Å². The number of carbonyl (C=O) groups excluding carboxylic acids is 3. The lowest BCUT2D eigenvalue weighted by Crippen LogP contribution is -2.55. The van der Waals surface area contributed by atoms with Crippen LogP contribution in [0.25, 0.3) is 0 Å². The molecule has 1 unspecified atom stereocenters. The third-order valence-electron chi connectivity index (χ3n) is 6.07. The van der Waals surface area contributed by atoms with Gasteiger partial charge in [0.2, 0.25) is 5.78 Å². The van der Waals surface area contributed by atoms with Crippen molar-refractivity contribution in [3.8, 4) is 0 Å². The molecule has 35 heavy (non-hydrogen) atoms. The van der Waals surface area contributed by atoms with Gasteiger partial charge in [-0.1, -0.05) is 77.8 Å². The number of ketones is 1. The number of nitrogens with zero attached hydrogens (tertiary/aromatic N) is 1. The number of nitrogens with one attached hydrogen (secondary N) is 2. The van der Waals surface area contributed by atoms with Crippen LogP contribution in [0, 0.1) is 0 Å². The largest absolute Gasteiger partial charge is 0.349 e. The molecule has 2 N–H and O–H groups in total. The van der Waals surface area contributed by atoms with Gasteiger partial charge in [0.1, 0.15) is 5.57 Å². The van der Waals surface area contributed by atoms with Gasteiger partial charge in [-0.05, 0) is 43.7 Å². The Balaban J connectivity index is 1.72. The maximum Gasteiger partial charge on any atom is 0.261 e. The lowest BCUT2D eigenvalue weighted by Gasteiger charge is -2.35. The molecule has 0 saturated carbocycles. The van der Waals surface area contributed by atoms with E-state index in [9.17, 15) is 14.4 Å². The Kier molecular flexibility index (Phi) is 6.96. The monoisotopic (exact) mass is 507 g/mol. The second-order valence-electron chi connectivity index (χ2n) is 8.30. The zero-order valence-electron chi connectivity index (χ0n) is 19.1. The molecule has 6 nitrogen and oxygen atoms in total. The summed E-state index contributed by atoms with van der Waals surface area (Å²) in [4.78, 5) is 42.3. The summed E-state index contributed by atoms with van der Waals surface area (Å²) < 4.78 is 0. The minimum Gasteiger partial charge on any atom is -0.349 e. The molecule has 0 bridgehead atoms. The van der Waals surface area contributed by atoms with Gasteiger partial charge in [0.25, 0.3) is 11.8 Å². The van der Waals surface area contributed by atoms with Crippen LogP contribution in [-0.4, -0.2) is 28.0 Å². The van der Waals surface area contributed by atoms with Crippen LogP contribution in [0.2, 0.25) is 10.0 Å². The second-order valence-corrected chi connectivity index (χ2v) is 9.12. The summed E-state index contributed by atoms with van der Waals surface area (Å²) in [6.07, 6.45) is 0.